The highest BCUT2D eigenvalue weighted by atomic mass is 35.5. The van der Waals surface area contributed by atoms with E-state index in [0.29, 0.717) is 21.3 Å². The Balaban J connectivity index is 1.88. The molecule has 2 aromatic heterocycles. The minimum Gasteiger partial charge on any atom is -0.383 e. The average Bonchev–Trinajstić information content (AvgIpc) is 3.23. The van der Waals surface area contributed by atoms with Crippen LogP contribution in [-0.4, -0.2) is 16.6 Å². The second-order valence-corrected chi connectivity index (χ2v) is 8.34. The maximum Gasteiger partial charge on any atom is 0.234 e. The summed E-state index contributed by atoms with van der Waals surface area (Å²) in [4.78, 5) is 17.2. The molecular weight excluding hydrogens is 449 g/mol. The van der Waals surface area contributed by atoms with Crippen LogP contribution >= 0.6 is 46.3 Å². The van der Waals surface area contributed by atoms with Gasteiger partial charge in [-0.05, 0) is 29.6 Å². The third kappa shape index (κ3) is 4.64. The molecule has 0 spiro atoms. The first-order chi connectivity index (χ1) is 13.9. The fourth-order valence-corrected chi connectivity index (χ4v) is 4.40. The summed E-state index contributed by atoms with van der Waals surface area (Å²) in [6.07, 6.45) is 0. The average molecular weight is 460 g/mol. The highest BCUT2D eigenvalue weighted by Gasteiger charge is 2.21. The van der Waals surface area contributed by atoms with Gasteiger partial charge in [0.15, 0.2) is 0 Å². The van der Waals surface area contributed by atoms with Gasteiger partial charge in [-0.15, -0.1) is 11.3 Å². The minimum absolute atomic E-state index is 0.00990. The lowest BCUT2D eigenvalue weighted by molar-refractivity contribution is -0.113. The molecule has 2 heterocycles. The molecule has 0 unspecified atom stereocenters. The van der Waals surface area contributed by atoms with Gasteiger partial charge in [-0.2, -0.15) is 10.5 Å². The number of thioether (sulfide) groups is 1. The molecule has 0 aliphatic carbocycles. The Hall–Kier alpha value is -2.75. The highest BCUT2D eigenvalue weighted by Crippen LogP contribution is 2.37. The van der Waals surface area contributed by atoms with Gasteiger partial charge >= 0.3 is 0 Å². The number of nitrogens with one attached hydrogen (secondary N) is 1. The smallest absolute Gasteiger partial charge is 0.234 e. The van der Waals surface area contributed by atoms with Gasteiger partial charge in [-0.3, -0.25) is 4.79 Å². The molecule has 0 radical (unpaired) electrons. The monoisotopic (exact) mass is 459 g/mol. The molecule has 1 aromatic carbocycles. The van der Waals surface area contributed by atoms with E-state index in [1.165, 1.54) is 11.3 Å². The lowest BCUT2D eigenvalue weighted by atomic mass is 10.0. The van der Waals surface area contributed by atoms with Gasteiger partial charge in [0.1, 0.15) is 28.5 Å². The molecule has 0 fully saturated rings. The molecule has 0 atom stereocenters. The number of nitriles is 2. The molecule has 29 heavy (non-hydrogen) atoms. The largest absolute Gasteiger partial charge is 0.383 e. The zero-order valence-electron chi connectivity index (χ0n) is 14.6. The normalized spacial score (nSPS) is 10.2. The van der Waals surface area contributed by atoms with Crippen LogP contribution in [0.15, 0.2) is 40.7 Å². The van der Waals surface area contributed by atoms with E-state index < -0.39 is 0 Å². The second kappa shape index (κ2) is 9.17. The van der Waals surface area contributed by atoms with Crippen LogP contribution in [0, 0.1) is 22.7 Å². The molecular formula is C19H11Cl2N5OS2. The Kier molecular flexibility index (Phi) is 6.63. The Bertz CT molecular complexity index is 1170. The van der Waals surface area contributed by atoms with Crippen molar-refractivity contribution in [2.24, 2.45) is 0 Å². The lowest BCUT2D eigenvalue weighted by Crippen LogP contribution is -2.15. The molecule has 3 N–H and O–H groups in total. The molecule has 0 bridgehead atoms. The Labute approximate surface area is 184 Å². The number of amides is 1. The van der Waals surface area contributed by atoms with Crippen LogP contribution < -0.4 is 11.1 Å². The quantitative estimate of drug-likeness (QED) is 0.508. The molecule has 3 aromatic rings. The van der Waals surface area contributed by atoms with Crippen LogP contribution in [0.2, 0.25) is 10.0 Å². The zero-order valence-corrected chi connectivity index (χ0v) is 17.7. The van der Waals surface area contributed by atoms with Crippen molar-refractivity contribution in [3.05, 3.63) is 56.9 Å². The molecule has 0 aliphatic heterocycles. The van der Waals surface area contributed by atoms with Gasteiger partial charge in [0.25, 0.3) is 0 Å². The summed E-state index contributed by atoms with van der Waals surface area (Å²) in [6, 6.07) is 12.5. The number of thiophene rings is 1. The number of nitrogens with zero attached hydrogens (tertiary/aromatic N) is 3. The number of carbonyl (C=O) groups is 1. The standard InChI is InChI=1S/C19H11Cl2N5OS2/c20-10-3-4-13(21)14(6-10)25-16(27)9-29-19-12(8-23)17(15-2-1-5-28-15)11(7-22)18(24)26-19/h1-6H,9H2,(H2,24,26)(H,25,27). The SMILES string of the molecule is N#Cc1c(N)nc(SCC(=O)Nc2cc(Cl)ccc2Cl)c(C#N)c1-c1cccs1. The summed E-state index contributed by atoms with van der Waals surface area (Å²) < 4.78 is 0. The highest BCUT2D eigenvalue weighted by molar-refractivity contribution is 8.00. The number of hydrogen-bond donors (Lipinski definition) is 2. The number of aromatic nitrogens is 1. The van der Waals surface area contributed by atoms with Crippen molar-refractivity contribution in [3.8, 4) is 22.6 Å². The first-order valence-electron chi connectivity index (χ1n) is 7.99. The molecule has 0 saturated heterocycles. The van der Waals surface area contributed by atoms with E-state index >= 15 is 0 Å². The van der Waals surface area contributed by atoms with Gasteiger partial charge in [-0.1, -0.05) is 41.0 Å². The molecule has 1 amide bonds. The minimum atomic E-state index is -0.356. The summed E-state index contributed by atoms with van der Waals surface area (Å²) in [5.74, 6) is -0.388. The van der Waals surface area contributed by atoms with Crippen molar-refractivity contribution in [3.63, 3.8) is 0 Å². The van der Waals surface area contributed by atoms with E-state index in [4.69, 9.17) is 28.9 Å². The van der Waals surface area contributed by atoms with Crippen molar-refractivity contribution >= 4 is 63.7 Å². The van der Waals surface area contributed by atoms with Crippen molar-refractivity contribution < 1.29 is 4.79 Å². The van der Waals surface area contributed by atoms with E-state index in [0.717, 1.165) is 16.6 Å². The number of hydrogen-bond acceptors (Lipinski definition) is 7. The van der Waals surface area contributed by atoms with Gasteiger partial charge in [0, 0.05) is 15.5 Å². The third-order valence-corrected chi connectivity index (χ3v) is 6.15. The predicted molar refractivity (Wildman–Crippen MR) is 117 cm³/mol. The summed E-state index contributed by atoms with van der Waals surface area (Å²) in [7, 11) is 0. The van der Waals surface area contributed by atoms with Crippen LogP contribution in [0.3, 0.4) is 0 Å². The number of nitrogens with two attached hydrogens (primary N) is 1. The van der Waals surface area contributed by atoms with E-state index in [2.05, 4.69) is 16.4 Å². The topological polar surface area (TPSA) is 116 Å². The molecule has 0 aliphatic rings. The number of halogens is 2. The number of anilines is 2. The van der Waals surface area contributed by atoms with Gasteiger partial charge in [0.2, 0.25) is 5.91 Å². The van der Waals surface area contributed by atoms with Crippen LogP contribution in [-0.2, 0) is 4.79 Å². The van der Waals surface area contributed by atoms with Gasteiger partial charge in [0.05, 0.1) is 22.0 Å². The van der Waals surface area contributed by atoms with Gasteiger partial charge in [-0.25, -0.2) is 4.98 Å². The number of benzene rings is 1. The Morgan fingerprint density at radius 1 is 1.24 bits per heavy atom. The van der Waals surface area contributed by atoms with E-state index in [1.807, 2.05) is 17.5 Å². The van der Waals surface area contributed by atoms with E-state index in [1.54, 1.807) is 24.3 Å². The summed E-state index contributed by atoms with van der Waals surface area (Å²) in [6.45, 7) is 0. The van der Waals surface area contributed by atoms with Crippen LogP contribution in [0.1, 0.15) is 11.1 Å². The first-order valence-corrected chi connectivity index (χ1v) is 10.6. The lowest BCUT2D eigenvalue weighted by Gasteiger charge is -2.12. The first kappa shape index (κ1) is 21.0. The number of carbonyl (C=O) groups excluding carboxylic acids is 1. The summed E-state index contributed by atoms with van der Waals surface area (Å²) >= 11 is 14.4. The van der Waals surface area contributed by atoms with Crippen LogP contribution in [0.4, 0.5) is 11.5 Å². The molecule has 10 heteroatoms. The van der Waals surface area contributed by atoms with Gasteiger partial charge < -0.3 is 11.1 Å². The second-order valence-electron chi connectivity index (χ2n) is 5.59. The van der Waals surface area contributed by atoms with Crippen molar-refractivity contribution in [2.75, 3.05) is 16.8 Å². The zero-order chi connectivity index (χ0) is 21.0. The van der Waals surface area contributed by atoms with Crippen LogP contribution in [0.5, 0.6) is 0 Å². The van der Waals surface area contributed by atoms with E-state index in [9.17, 15) is 15.3 Å². The fourth-order valence-electron chi connectivity index (χ4n) is 2.48. The number of pyridine rings is 1. The molecule has 144 valence electrons. The summed E-state index contributed by atoms with van der Waals surface area (Å²) in [5.41, 5.74) is 7.11. The molecule has 3 rings (SSSR count). The maximum absolute atomic E-state index is 12.3. The number of nitrogen functional groups attached to an aromatic ring is 1. The van der Waals surface area contributed by atoms with E-state index in [-0.39, 0.29) is 33.6 Å². The predicted octanol–water partition coefficient (Wildman–Crippen LogP) is 5.17. The third-order valence-electron chi connectivity index (χ3n) is 3.73. The van der Waals surface area contributed by atoms with Crippen molar-refractivity contribution in [1.29, 1.82) is 10.5 Å². The Morgan fingerprint density at radius 3 is 2.66 bits per heavy atom. The fraction of sp³-hybridized carbons (Fsp3) is 0.0526. The summed E-state index contributed by atoms with van der Waals surface area (Å²) in [5, 5.41) is 24.7. The maximum atomic E-state index is 12.3. The van der Waals surface area contributed by atoms with Crippen LogP contribution in [0.25, 0.3) is 10.4 Å². The van der Waals surface area contributed by atoms with Crippen molar-refractivity contribution in [2.45, 2.75) is 5.03 Å². The number of rotatable bonds is 5. The Morgan fingerprint density at radius 2 is 2.00 bits per heavy atom. The molecule has 0 saturated carbocycles. The molecule has 6 nitrogen and oxygen atoms in total. The van der Waals surface area contributed by atoms with Crippen molar-refractivity contribution in [1.82, 2.24) is 4.98 Å².